The van der Waals surface area contributed by atoms with Gasteiger partial charge in [0.15, 0.2) is 0 Å². The molecule has 2 N–H and O–H groups in total. The van der Waals surface area contributed by atoms with Crippen LogP contribution >= 0.6 is 23.2 Å². The van der Waals surface area contributed by atoms with E-state index in [2.05, 4.69) is 13.8 Å². The molecule has 0 spiro atoms. The molecular formula is C12H17Cl2NO. The Kier molecular flexibility index (Phi) is 5.39. The lowest BCUT2D eigenvalue weighted by Crippen LogP contribution is -2.15. The van der Waals surface area contributed by atoms with Crippen LogP contribution in [0.15, 0.2) is 12.1 Å². The molecule has 90 valence electrons. The number of halogens is 2. The smallest absolute Gasteiger partial charge is 0.142 e. The molecule has 0 heterocycles. The number of rotatable bonds is 5. The Morgan fingerprint density at radius 3 is 2.38 bits per heavy atom. The molecule has 0 atom stereocenters. The van der Waals surface area contributed by atoms with E-state index in [0.29, 0.717) is 22.3 Å². The Morgan fingerprint density at radius 1 is 1.25 bits per heavy atom. The molecule has 1 rings (SSSR count). The zero-order chi connectivity index (χ0) is 12.1. The standard InChI is InChI=1S/C12H17Cl2NO/c1-3-10(4-2)16-12-8(7-15)5-9(13)6-11(12)14/h5-6,10H,3-4,7,15H2,1-2H3. The molecule has 0 fully saturated rings. The first-order chi connectivity index (χ1) is 7.62. The van der Waals surface area contributed by atoms with Crippen molar-refractivity contribution in [1.82, 2.24) is 0 Å². The highest BCUT2D eigenvalue weighted by atomic mass is 35.5. The highest BCUT2D eigenvalue weighted by molar-refractivity contribution is 6.35. The van der Waals surface area contributed by atoms with Crippen LogP contribution < -0.4 is 10.5 Å². The molecule has 1 aromatic rings. The lowest BCUT2D eigenvalue weighted by Gasteiger charge is -2.19. The van der Waals surface area contributed by atoms with Gasteiger partial charge in [-0.1, -0.05) is 37.0 Å². The second kappa shape index (κ2) is 6.33. The van der Waals surface area contributed by atoms with Gasteiger partial charge in [-0.25, -0.2) is 0 Å². The number of nitrogens with two attached hydrogens (primary N) is 1. The van der Waals surface area contributed by atoms with Gasteiger partial charge in [-0.05, 0) is 25.0 Å². The van der Waals surface area contributed by atoms with Crippen molar-refractivity contribution in [2.45, 2.75) is 39.3 Å². The number of hydrogen-bond acceptors (Lipinski definition) is 2. The minimum atomic E-state index is 0.170. The van der Waals surface area contributed by atoms with E-state index in [1.54, 1.807) is 12.1 Å². The van der Waals surface area contributed by atoms with E-state index in [9.17, 15) is 0 Å². The molecule has 0 bridgehead atoms. The van der Waals surface area contributed by atoms with Crippen LogP contribution in [-0.2, 0) is 6.54 Å². The maximum atomic E-state index is 6.11. The van der Waals surface area contributed by atoms with Gasteiger partial charge >= 0.3 is 0 Å². The third-order valence-electron chi connectivity index (χ3n) is 2.50. The van der Waals surface area contributed by atoms with Crippen molar-refractivity contribution in [3.63, 3.8) is 0 Å². The van der Waals surface area contributed by atoms with Crippen molar-refractivity contribution in [2.24, 2.45) is 5.73 Å². The molecule has 0 aromatic heterocycles. The van der Waals surface area contributed by atoms with Gasteiger partial charge in [0, 0.05) is 17.1 Å². The van der Waals surface area contributed by atoms with Crippen LogP contribution in [0.1, 0.15) is 32.3 Å². The third kappa shape index (κ3) is 3.27. The molecule has 16 heavy (non-hydrogen) atoms. The summed E-state index contributed by atoms with van der Waals surface area (Å²) in [6.45, 7) is 4.54. The van der Waals surface area contributed by atoms with Gasteiger partial charge in [-0.15, -0.1) is 0 Å². The molecule has 0 amide bonds. The average molecular weight is 262 g/mol. The highest BCUT2D eigenvalue weighted by Gasteiger charge is 2.13. The van der Waals surface area contributed by atoms with Gasteiger partial charge in [0.2, 0.25) is 0 Å². The van der Waals surface area contributed by atoms with Crippen LogP contribution in [0.25, 0.3) is 0 Å². The maximum Gasteiger partial charge on any atom is 0.142 e. The largest absolute Gasteiger partial charge is 0.489 e. The molecule has 0 radical (unpaired) electrons. The van der Waals surface area contributed by atoms with E-state index in [1.165, 1.54) is 0 Å². The summed E-state index contributed by atoms with van der Waals surface area (Å²) in [5.41, 5.74) is 6.50. The molecule has 0 aliphatic heterocycles. The minimum absolute atomic E-state index is 0.170. The van der Waals surface area contributed by atoms with Crippen LogP contribution in [-0.4, -0.2) is 6.10 Å². The van der Waals surface area contributed by atoms with Crippen molar-refractivity contribution >= 4 is 23.2 Å². The number of benzene rings is 1. The summed E-state index contributed by atoms with van der Waals surface area (Å²) in [7, 11) is 0. The van der Waals surface area contributed by atoms with Crippen molar-refractivity contribution in [3.05, 3.63) is 27.7 Å². The fourth-order valence-electron chi connectivity index (χ4n) is 1.52. The van der Waals surface area contributed by atoms with Gasteiger partial charge in [0.1, 0.15) is 5.75 Å². The summed E-state index contributed by atoms with van der Waals surface area (Å²) in [4.78, 5) is 0. The van der Waals surface area contributed by atoms with Gasteiger partial charge in [0.25, 0.3) is 0 Å². The van der Waals surface area contributed by atoms with Gasteiger partial charge < -0.3 is 10.5 Å². The first kappa shape index (κ1) is 13.6. The van der Waals surface area contributed by atoms with Gasteiger partial charge in [-0.3, -0.25) is 0 Å². The average Bonchev–Trinajstić information content (AvgIpc) is 2.27. The maximum absolute atomic E-state index is 6.11. The Bertz CT molecular complexity index is 351. The fraction of sp³-hybridized carbons (Fsp3) is 0.500. The Labute approximate surface area is 107 Å². The van der Waals surface area contributed by atoms with E-state index in [4.69, 9.17) is 33.7 Å². The number of hydrogen-bond donors (Lipinski definition) is 1. The number of ether oxygens (including phenoxy) is 1. The van der Waals surface area contributed by atoms with Gasteiger partial charge in [0.05, 0.1) is 11.1 Å². The van der Waals surface area contributed by atoms with E-state index in [1.807, 2.05) is 0 Å². The topological polar surface area (TPSA) is 35.2 Å². The molecule has 0 unspecified atom stereocenters. The zero-order valence-corrected chi connectivity index (χ0v) is 11.1. The van der Waals surface area contributed by atoms with Crippen LogP contribution in [0.5, 0.6) is 5.75 Å². The molecule has 2 nitrogen and oxygen atoms in total. The molecular weight excluding hydrogens is 245 g/mol. The molecule has 0 saturated heterocycles. The Balaban J connectivity index is 3.01. The van der Waals surface area contributed by atoms with Crippen LogP contribution in [0.3, 0.4) is 0 Å². The molecule has 0 saturated carbocycles. The molecule has 0 aliphatic rings. The van der Waals surface area contributed by atoms with Crippen LogP contribution in [0.4, 0.5) is 0 Å². The zero-order valence-electron chi connectivity index (χ0n) is 9.59. The summed E-state index contributed by atoms with van der Waals surface area (Å²) in [5.74, 6) is 0.669. The van der Waals surface area contributed by atoms with Crippen LogP contribution in [0, 0.1) is 0 Å². The normalized spacial score (nSPS) is 10.9. The van der Waals surface area contributed by atoms with Gasteiger partial charge in [-0.2, -0.15) is 0 Å². The third-order valence-corrected chi connectivity index (χ3v) is 3.00. The summed E-state index contributed by atoms with van der Waals surface area (Å²) in [6, 6.07) is 3.48. The lowest BCUT2D eigenvalue weighted by molar-refractivity contribution is 0.191. The first-order valence-electron chi connectivity index (χ1n) is 5.47. The summed E-state index contributed by atoms with van der Waals surface area (Å²) in [6.07, 6.45) is 2.06. The summed E-state index contributed by atoms with van der Waals surface area (Å²) in [5, 5.41) is 1.11. The summed E-state index contributed by atoms with van der Waals surface area (Å²) < 4.78 is 5.85. The monoisotopic (exact) mass is 261 g/mol. The van der Waals surface area contributed by atoms with Crippen LogP contribution in [0.2, 0.25) is 10.0 Å². The fourth-order valence-corrected chi connectivity index (χ4v) is 2.10. The predicted molar refractivity (Wildman–Crippen MR) is 69.4 cm³/mol. The molecule has 1 aromatic carbocycles. The van der Waals surface area contributed by atoms with Crippen molar-refractivity contribution in [1.29, 1.82) is 0 Å². The van der Waals surface area contributed by atoms with E-state index < -0.39 is 0 Å². The second-order valence-corrected chi connectivity index (χ2v) is 4.48. The Hall–Kier alpha value is -0.440. The molecule has 4 heteroatoms. The van der Waals surface area contributed by atoms with E-state index >= 15 is 0 Å². The Morgan fingerprint density at radius 2 is 1.88 bits per heavy atom. The predicted octanol–water partition coefficient (Wildman–Crippen LogP) is 4.02. The van der Waals surface area contributed by atoms with E-state index in [-0.39, 0.29) is 6.10 Å². The lowest BCUT2D eigenvalue weighted by atomic mass is 10.1. The second-order valence-electron chi connectivity index (χ2n) is 3.64. The molecule has 0 aliphatic carbocycles. The highest BCUT2D eigenvalue weighted by Crippen LogP contribution is 2.33. The first-order valence-corrected chi connectivity index (χ1v) is 6.22. The quantitative estimate of drug-likeness (QED) is 0.869. The van der Waals surface area contributed by atoms with E-state index in [0.717, 1.165) is 18.4 Å². The van der Waals surface area contributed by atoms with Crippen molar-refractivity contribution in [3.8, 4) is 5.75 Å². The van der Waals surface area contributed by atoms with Crippen molar-refractivity contribution in [2.75, 3.05) is 0 Å². The van der Waals surface area contributed by atoms with Crippen molar-refractivity contribution < 1.29 is 4.74 Å². The minimum Gasteiger partial charge on any atom is -0.489 e. The SMILES string of the molecule is CCC(CC)Oc1c(Cl)cc(Cl)cc1CN. The summed E-state index contributed by atoms with van der Waals surface area (Å²) >= 11 is 12.0.